The van der Waals surface area contributed by atoms with Gasteiger partial charge >= 0.3 is 0 Å². The van der Waals surface area contributed by atoms with Crippen molar-refractivity contribution in [3.05, 3.63) is 28.8 Å². The Labute approximate surface area is 76.2 Å². The van der Waals surface area contributed by atoms with Gasteiger partial charge in [-0.2, -0.15) is 5.26 Å². The van der Waals surface area contributed by atoms with Crippen LogP contribution in [0, 0.1) is 18.3 Å². The minimum absolute atomic E-state index is 0.122. The van der Waals surface area contributed by atoms with E-state index in [0.29, 0.717) is 11.1 Å². The quantitative estimate of drug-likeness (QED) is 0.661. The van der Waals surface area contributed by atoms with Crippen LogP contribution in [0.4, 0.5) is 0 Å². The number of nitriles is 1. The average Bonchev–Trinajstić information content (AvgIpc) is 2.03. The number of carbonyl (C=O) groups excluding carboxylic acids is 1. The number of aromatic hydroxyl groups is 1. The molecule has 0 unspecified atom stereocenters. The number of rotatable bonds is 1. The second-order valence-electron chi connectivity index (χ2n) is 2.86. The van der Waals surface area contributed by atoms with Crippen LogP contribution in [-0.2, 0) is 0 Å². The fourth-order valence-corrected chi connectivity index (χ4v) is 1.12. The Balaban J connectivity index is 3.39. The van der Waals surface area contributed by atoms with E-state index in [1.54, 1.807) is 13.0 Å². The fraction of sp³-hybridized carbons (Fsp3) is 0.200. The Hall–Kier alpha value is -1.82. The molecule has 0 bridgehead atoms. The van der Waals surface area contributed by atoms with Crippen LogP contribution < -0.4 is 0 Å². The van der Waals surface area contributed by atoms with Crippen molar-refractivity contribution in [1.29, 1.82) is 5.26 Å². The summed E-state index contributed by atoms with van der Waals surface area (Å²) in [5.41, 5.74) is 1.27. The summed E-state index contributed by atoms with van der Waals surface area (Å²) in [6.45, 7) is 3.10. The van der Waals surface area contributed by atoms with Crippen molar-refractivity contribution in [2.24, 2.45) is 0 Å². The minimum atomic E-state index is -0.132. The predicted molar refractivity (Wildman–Crippen MR) is 47.6 cm³/mol. The second-order valence-corrected chi connectivity index (χ2v) is 2.86. The van der Waals surface area contributed by atoms with Gasteiger partial charge in [0, 0.05) is 5.56 Å². The van der Waals surface area contributed by atoms with Crippen LogP contribution in [0.15, 0.2) is 12.1 Å². The van der Waals surface area contributed by atoms with Crippen LogP contribution in [0.2, 0.25) is 0 Å². The molecule has 0 aliphatic rings. The number of nitrogens with zero attached hydrogens (tertiary/aromatic N) is 1. The standard InChI is InChI=1S/C10H9NO2/c1-6-3-8(7(2)12)4-10(13)9(6)5-11/h3-4,13H,1-2H3. The van der Waals surface area contributed by atoms with Crippen molar-refractivity contribution in [3.63, 3.8) is 0 Å². The first-order valence-corrected chi connectivity index (χ1v) is 3.81. The van der Waals surface area contributed by atoms with Crippen molar-refractivity contribution in [2.45, 2.75) is 13.8 Å². The van der Waals surface area contributed by atoms with Gasteiger partial charge in [0.1, 0.15) is 11.8 Å². The van der Waals surface area contributed by atoms with Gasteiger partial charge in [0.25, 0.3) is 0 Å². The molecule has 0 aliphatic carbocycles. The van der Waals surface area contributed by atoms with E-state index in [1.165, 1.54) is 13.0 Å². The number of phenols is 1. The smallest absolute Gasteiger partial charge is 0.159 e. The summed E-state index contributed by atoms with van der Waals surface area (Å²) >= 11 is 0. The van der Waals surface area contributed by atoms with Crippen molar-refractivity contribution in [3.8, 4) is 11.8 Å². The lowest BCUT2D eigenvalue weighted by molar-refractivity contribution is 0.101. The average molecular weight is 175 g/mol. The molecule has 0 fully saturated rings. The highest BCUT2D eigenvalue weighted by atomic mass is 16.3. The fourth-order valence-electron chi connectivity index (χ4n) is 1.12. The molecule has 1 aromatic rings. The lowest BCUT2D eigenvalue weighted by atomic mass is 10.0. The molecule has 0 spiro atoms. The van der Waals surface area contributed by atoms with E-state index in [2.05, 4.69) is 0 Å². The zero-order chi connectivity index (χ0) is 10.0. The van der Waals surface area contributed by atoms with Crippen LogP contribution >= 0.6 is 0 Å². The minimum Gasteiger partial charge on any atom is -0.507 e. The van der Waals surface area contributed by atoms with Gasteiger partial charge in [0.2, 0.25) is 0 Å². The molecule has 66 valence electrons. The zero-order valence-electron chi connectivity index (χ0n) is 7.46. The lowest BCUT2D eigenvalue weighted by Gasteiger charge is -2.02. The van der Waals surface area contributed by atoms with Crippen LogP contribution in [0.3, 0.4) is 0 Å². The SMILES string of the molecule is CC(=O)c1cc(C)c(C#N)c(O)c1. The summed E-state index contributed by atoms with van der Waals surface area (Å²) in [5.74, 6) is -0.254. The largest absolute Gasteiger partial charge is 0.507 e. The van der Waals surface area contributed by atoms with Gasteiger partial charge in [0.05, 0.1) is 5.56 Å². The summed E-state index contributed by atoms with van der Waals surface area (Å²) in [6, 6.07) is 4.78. The molecule has 1 aromatic carbocycles. The molecular weight excluding hydrogens is 166 g/mol. The van der Waals surface area contributed by atoms with Crippen molar-refractivity contribution in [1.82, 2.24) is 0 Å². The first kappa shape index (κ1) is 9.27. The van der Waals surface area contributed by atoms with E-state index in [9.17, 15) is 9.90 Å². The maximum Gasteiger partial charge on any atom is 0.159 e. The molecule has 3 heteroatoms. The van der Waals surface area contributed by atoms with E-state index >= 15 is 0 Å². The first-order chi connectivity index (χ1) is 6.06. The Kier molecular flexibility index (Phi) is 2.34. The van der Waals surface area contributed by atoms with Crippen molar-refractivity contribution in [2.75, 3.05) is 0 Å². The number of aryl methyl sites for hydroxylation is 1. The number of carbonyl (C=O) groups is 1. The highest BCUT2D eigenvalue weighted by molar-refractivity contribution is 5.95. The second kappa shape index (κ2) is 3.28. The molecule has 1 rings (SSSR count). The summed E-state index contributed by atoms with van der Waals surface area (Å²) in [7, 11) is 0. The molecular formula is C10H9NO2. The maximum atomic E-state index is 11.0. The maximum absolute atomic E-state index is 11.0. The first-order valence-electron chi connectivity index (χ1n) is 3.81. The molecule has 3 nitrogen and oxygen atoms in total. The molecule has 0 amide bonds. The topological polar surface area (TPSA) is 61.1 Å². The highest BCUT2D eigenvalue weighted by Crippen LogP contribution is 2.22. The third-order valence-corrected chi connectivity index (χ3v) is 1.83. The summed E-state index contributed by atoms with van der Waals surface area (Å²) in [6.07, 6.45) is 0. The molecule has 13 heavy (non-hydrogen) atoms. The van der Waals surface area contributed by atoms with Crippen LogP contribution in [0.5, 0.6) is 5.75 Å². The van der Waals surface area contributed by atoms with Gasteiger partial charge < -0.3 is 5.11 Å². The molecule has 0 atom stereocenters. The van der Waals surface area contributed by atoms with Gasteiger partial charge in [-0.25, -0.2) is 0 Å². The molecule has 0 aromatic heterocycles. The molecule has 1 N–H and O–H groups in total. The van der Waals surface area contributed by atoms with Crippen molar-refractivity contribution < 1.29 is 9.90 Å². The number of hydrogen-bond donors (Lipinski definition) is 1. The molecule has 0 radical (unpaired) electrons. The Morgan fingerprint density at radius 1 is 1.54 bits per heavy atom. The van der Waals surface area contributed by atoms with Crippen LogP contribution in [0.25, 0.3) is 0 Å². The number of ketones is 1. The van der Waals surface area contributed by atoms with Gasteiger partial charge in [-0.1, -0.05) is 0 Å². The Morgan fingerprint density at radius 2 is 2.15 bits per heavy atom. The van der Waals surface area contributed by atoms with Gasteiger partial charge in [-0.3, -0.25) is 4.79 Å². The number of Topliss-reactive ketones (excluding diaryl/α,β-unsaturated/α-hetero) is 1. The highest BCUT2D eigenvalue weighted by Gasteiger charge is 2.08. The molecule has 0 heterocycles. The number of benzene rings is 1. The summed E-state index contributed by atoms with van der Waals surface area (Å²) in [4.78, 5) is 11.0. The molecule has 0 saturated carbocycles. The van der Waals surface area contributed by atoms with Gasteiger partial charge in [-0.15, -0.1) is 0 Å². The summed E-state index contributed by atoms with van der Waals surface area (Å²) in [5, 5.41) is 18.0. The van der Waals surface area contributed by atoms with E-state index < -0.39 is 0 Å². The number of phenolic OH excluding ortho intramolecular Hbond substituents is 1. The monoisotopic (exact) mass is 175 g/mol. The number of hydrogen-bond acceptors (Lipinski definition) is 3. The third kappa shape index (κ3) is 1.67. The lowest BCUT2D eigenvalue weighted by Crippen LogP contribution is -1.94. The van der Waals surface area contributed by atoms with Gasteiger partial charge in [0.15, 0.2) is 5.78 Å². The normalized spacial score (nSPS) is 9.31. The van der Waals surface area contributed by atoms with Crippen molar-refractivity contribution >= 4 is 5.78 Å². The van der Waals surface area contributed by atoms with E-state index in [0.717, 1.165) is 0 Å². The van der Waals surface area contributed by atoms with Crippen LogP contribution in [-0.4, -0.2) is 10.9 Å². The van der Waals surface area contributed by atoms with Gasteiger partial charge in [-0.05, 0) is 31.5 Å². The van der Waals surface area contributed by atoms with E-state index in [1.807, 2.05) is 6.07 Å². The predicted octanol–water partition coefficient (Wildman–Crippen LogP) is 1.77. The zero-order valence-corrected chi connectivity index (χ0v) is 7.46. The Morgan fingerprint density at radius 3 is 2.54 bits per heavy atom. The molecule has 0 aliphatic heterocycles. The van der Waals surface area contributed by atoms with Crippen LogP contribution in [0.1, 0.15) is 28.4 Å². The summed E-state index contributed by atoms with van der Waals surface area (Å²) < 4.78 is 0. The van der Waals surface area contributed by atoms with E-state index in [4.69, 9.17) is 5.26 Å². The van der Waals surface area contributed by atoms with E-state index in [-0.39, 0.29) is 17.1 Å². The third-order valence-electron chi connectivity index (χ3n) is 1.83. The molecule has 0 saturated heterocycles. The Bertz CT molecular complexity index is 379.